The molecule has 0 aliphatic rings. The molecule has 192 valence electrons. The Balaban J connectivity index is 0.000000203. The predicted octanol–water partition coefficient (Wildman–Crippen LogP) is 6.23. The van der Waals surface area contributed by atoms with Crippen molar-refractivity contribution in [2.45, 2.75) is 0 Å². The third-order valence-electron chi connectivity index (χ3n) is 4.37. The maximum atomic E-state index is 12.8. The Morgan fingerprint density at radius 1 is 0.684 bits per heavy atom. The van der Waals surface area contributed by atoms with Crippen LogP contribution in [-0.4, -0.2) is 26.0 Å². The maximum absolute atomic E-state index is 12.8. The van der Waals surface area contributed by atoms with E-state index >= 15 is 0 Å². The van der Waals surface area contributed by atoms with Crippen molar-refractivity contribution in [1.29, 1.82) is 0 Å². The monoisotopic (exact) mass is 695 g/mol. The van der Waals surface area contributed by atoms with E-state index in [0.29, 0.717) is 22.3 Å². The van der Waals surface area contributed by atoms with Crippen LogP contribution in [0.4, 0.5) is 17.6 Å². The number of carboxylic acids is 1. The molecule has 0 aliphatic carbocycles. The zero-order chi connectivity index (χ0) is 26.6. The summed E-state index contributed by atoms with van der Waals surface area (Å²) in [5.74, 6) is -3.44. The summed E-state index contributed by atoms with van der Waals surface area (Å²) in [6.07, 6.45) is 9.84. The van der Waals surface area contributed by atoms with E-state index < -0.39 is 29.2 Å². The smallest absolute Gasteiger partial charge is 0.533 e. The number of hydrogen-bond acceptors (Lipinski definition) is 4. The van der Waals surface area contributed by atoms with E-state index in [0.717, 1.165) is 12.1 Å². The van der Waals surface area contributed by atoms with Gasteiger partial charge in [0.1, 0.15) is 23.3 Å². The molecule has 0 fully saturated rings. The minimum Gasteiger partial charge on any atom is -0.533 e. The van der Waals surface area contributed by atoms with Crippen LogP contribution in [0.25, 0.3) is 22.3 Å². The summed E-state index contributed by atoms with van der Waals surface area (Å²) < 4.78 is 51.4. The van der Waals surface area contributed by atoms with Gasteiger partial charge in [-0.05, 0) is 18.6 Å². The van der Waals surface area contributed by atoms with Crippen LogP contribution in [0.1, 0.15) is 10.5 Å². The van der Waals surface area contributed by atoms with Gasteiger partial charge in [0.25, 0.3) is 0 Å². The molecular formula is C28H16F4IrN3O2. The van der Waals surface area contributed by atoms with Gasteiger partial charge in [-0.3, -0.25) is 4.98 Å². The number of nitrogens with zero attached hydrogens (tertiary/aromatic N) is 3. The van der Waals surface area contributed by atoms with Crippen LogP contribution in [0.5, 0.6) is 0 Å². The summed E-state index contributed by atoms with van der Waals surface area (Å²) in [6, 6.07) is 19.0. The van der Waals surface area contributed by atoms with Crippen molar-refractivity contribution in [2.24, 2.45) is 0 Å². The van der Waals surface area contributed by atoms with Gasteiger partial charge in [0.15, 0.2) is 0 Å². The minimum atomic E-state index is -1.05. The van der Waals surface area contributed by atoms with Gasteiger partial charge < -0.3 is 19.9 Å². The van der Waals surface area contributed by atoms with Crippen LogP contribution in [0, 0.1) is 41.7 Å². The van der Waals surface area contributed by atoms with Gasteiger partial charge in [0.05, 0.1) is 0 Å². The average Bonchev–Trinajstić information content (AvgIpc) is 2.90. The maximum Gasteiger partial charge on any atom is 3.00 e. The van der Waals surface area contributed by atoms with Crippen molar-refractivity contribution in [3.05, 3.63) is 139 Å². The largest absolute Gasteiger partial charge is 3.00 e. The molecule has 5 rings (SSSR count). The molecule has 10 heteroatoms. The van der Waals surface area contributed by atoms with E-state index in [1.54, 1.807) is 42.7 Å². The zero-order valence-electron chi connectivity index (χ0n) is 19.2. The van der Waals surface area contributed by atoms with Crippen LogP contribution in [0.15, 0.2) is 91.4 Å². The van der Waals surface area contributed by atoms with Gasteiger partial charge in [-0.2, -0.15) is 6.07 Å². The van der Waals surface area contributed by atoms with E-state index in [1.807, 2.05) is 0 Å². The quantitative estimate of drug-likeness (QED) is 0.179. The first-order chi connectivity index (χ1) is 17.8. The van der Waals surface area contributed by atoms with Gasteiger partial charge in [0.2, 0.25) is 5.97 Å². The first-order valence-corrected chi connectivity index (χ1v) is 10.5. The van der Waals surface area contributed by atoms with Gasteiger partial charge >= 0.3 is 20.1 Å². The van der Waals surface area contributed by atoms with Crippen molar-refractivity contribution >= 4 is 5.97 Å². The van der Waals surface area contributed by atoms with Crippen molar-refractivity contribution in [1.82, 2.24) is 15.0 Å². The molecule has 3 heterocycles. The van der Waals surface area contributed by atoms with Gasteiger partial charge in [-0.1, -0.05) is 47.8 Å². The number of carboxylic acid groups (broad SMARTS) is 1. The summed E-state index contributed by atoms with van der Waals surface area (Å²) >= 11 is 0. The van der Waals surface area contributed by atoms with Crippen LogP contribution >= 0.6 is 0 Å². The molecule has 0 radical (unpaired) electrons. The first kappa shape index (κ1) is 30.0. The van der Waals surface area contributed by atoms with Crippen LogP contribution in [0.3, 0.4) is 0 Å². The fraction of sp³-hybridized carbons (Fsp3) is 0. The number of aromatic carboxylic acids is 1. The number of rotatable bonds is 3. The molecule has 5 aromatic rings. The van der Waals surface area contributed by atoms with Crippen molar-refractivity contribution in [3.8, 4) is 22.3 Å². The number of halogens is 4. The normalized spacial score (nSPS) is 9.58. The molecule has 5 nitrogen and oxygen atoms in total. The molecule has 0 spiro atoms. The Kier molecular flexibility index (Phi) is 11.9. The topological polar surface area (TPSA) is 76.0 Å². The van der Waals surface area contributed by atoms with Crippen molar-refractivity contribution in [2.75, 3.05) is 0 Å². The number of aromatic nitrogens is 3. The van der Waals surface area contributed by atoms with Gasteiger partial charge in [-0.25, -0.2) is 17.6 Å². The van der Waals surface area contributed by atoms with Gasteiger partial charge in [0, 0.05) is 17.8 Å². The fourth-order valence-corrected chi connectivity index (χ4v) is 2.83. The summed E-state index contributed by atoms with van der Waals surface area (Å²) in [5, 5.41) is 8.29. The SMILES string of the molecule is Fc1cc(F)cc(-c2[c-]nccc2)c1.Fc1cc(F)cc(-c2[c-]nccc2)c1.O=C(O)c1[c-]cccn1.[Ir+3]. The zero-order valence-corrected chi connectivity index (χ0v) is 21.6. The molecule has 0 unspecified atom stereocenters. The molecule has 0 bridgehead atoms. The molecular weight excluding hydrogens is 679 g/mol. The van der Waals surface area contributed by atoms with Gasteiger partial charge in [-0.15, -0.1) is 47.5 Å². The van der Waals surface area contributed by atoms with Crippen LogP contribution < -0.4 is 0 Å². The molecule has 0 aliphatic heterocycles. The van der Waals surface area contributed by atoms with Crippen LogP contribution in [-0.2, 0) is 20.1 Å². The number of carbonyl (C=O) groups is 1. The molecule has 0 saturated carbocycles. The van der Waals surface area contributed by atoms with E-state index in [4.69, 9.17) is 5.11 Å². The molecule has 1 N–H and O–H groups in total. The van der Waals surface area contributed by atoms with Crippen molar-refractivity contribution < 1.29 is 47.6 Å². The molecule has 2 aromatic carbocycles. The summed E-state index contributed by atoms with van der Waals surface area (Å²) in [6.45, 7) is 0. The predicted molar refractivity (Wildman–Crippen MR) is 127 cm³/mol. The second kappa shape index (κ2) is 15.1. The summed E-state index contributed by atoms with van der Waals surface area (Å²) in [4.78, 5) is 21.1. The number of benzene rings is 2. The standard InChI is InChI=1S/2C11H6F2N.C6H4NO2.Ir/c2*12-10-4-9(5-11(13)6-10)8-2-1-3-14-7-8;8-6(9)5-3-1-2-4-7-5;/h2*1-6H;1-2,4H,(H,8,9);/q3*-1;+3. The number of pyridine rings is 3. The third kappa shape index (κ3) is 9.65. The summed E-state index contributed by atoms with van der Waals surface area (Å²) in [5.41, 5.74) is 1.99. The molecule has 38 heavy (non-hydrogen) atoms. The average molecular weight is 695 g/mol. The Morgan fingerprint density at radius 2 is 1.13 bits per heavy atom. The van der Waals surface area contributed by atoms with E-state index in [-0.39, 0.29) is 25.8 Å². The second-order valence-electron chi connectivity index (χ2n) is 7.08. The molecule has 3 aromatic heterocycles. The Hall–Kier alpha value is -4.27. The van der Waals surface area contributed by atoms with E-state index in [1.165, 1.54) is 36.5 Å². The molecule has 0 saturated heterocycles. The van der Waals surface area contributed by atoms with Crippen LogP contribution in [0.2, 0.25) is 0 Å². The fourth-order valence-electron chi connectivity index (χ4n) is 2.83. The Morgan fingerprint density at radius 3 is 1.42 bits per heavy atom. The third-order valence-corrected chi connectivity index (χ3v) is 4.37. The summed E-state index contributed by atoms with van der Waals surface area (Å²) in [7, 11) is 0. The second-order valence-corrected chi connectivity index (χ2v) is 7.08. The van der Waals surface area contributed by atoms with E-state index in [9.17, 15) is 22.4 Å². The Bertz CT molecular complexity index is 1320. The van der Waals surface area contributed by atoms with Crippen molar-refractivity contribution in [3.63, 3.8) is 0 Å². The molecule has 0 amide bonds. The molecule has 0 atom stereocenters. The Labute approximate surface area is 229 Å². The van der Waals surface area contributed by atoms with E-state index in [2.05, 4.69) is 33.4 Å². The first-order valence-electron chi connectivity index (χ1n) is 10.5. The minimum absolute atomic E-state index is 0. The number of hydrogen-bond donors (Lipinski definition) is 1.